The van der Waals surface area contributed by atoms with Gasteiger partial charge in [0.2, 0.25) is 0 Å². The average Bonchev–Trinajstić information content (AvgIpc) is 3.02. The van der Waals surface area contributed by atoms with Crippen LogP contribution in [0.15, 0.2) is 66.9 Å². The van der Waals surface area contributed by atoms with Gasteiger partial charge in [-0.15, -0.1) is 0 Å². The van der Waals surface area contributed by atoms with E-state index in [0.717, 1.165) is 22.5 Å². The van der Waals surface area contributed by atoms with Gasteiger partial charge in [-0.2, -0.15) is 0 Å². The Morgan fingerprint density at radius 1 is 0.944 bits per heavy atom. The number of anilines is 2. The van der Waals surface area contributed by atoms with E-state index in [9.17, 15) is 9.59 Å². The molecule has 2 amide bonds. The summed E-state index contributed by atoms with van der Waals surface area (Å²) in [6.07, 6.45) is 2.42. The molecule has 1 aliphatic heterocycles. The summed E-state index contributed by atoms with van der Waals surface area (Å²) in [5.41, 5.74) is 4.40. The summed E-state index contributed by atoms with van der Waals surface area (Å²) in [6, 6.07) is 17.2. The molecule has 0 spiro atoms. The summed E-state index contributed by atoms with van der Waals surface area (Å²) < 4.78 is 0. The number of fused-ring (bicyclic) bond motifs is 3. The Balaban J connectivity index is 1.44. The molecule has 0 bridgehead atoms. The third kappa shape index (κ3) is 4.55. The van der Waals surface area contributed by atoms with Crippen LogP contribution in [0, 0.1) is 6.92 Å². The van der Waals surface area contributed by atoms with Gasteiger partial charge in [-0.25, -0.2) is 9.97 Å². The zero-order chi connectivity index (χ0) is 25.4. The van der Waals surface area contributed by atoms with Crippen LogP contribution in [-0.4, -0.2) is 28.3 Å². The molecule has 0 radical (unpaired) electrons. The van der Waals surface area contributed by atoms with Gasteiger partial charge < -0.3 is 10.2 Å². The highest BCUT2D eigenvalue weighted by molar-refractivity contribution is 6.44. The third-order valence-electron chi connectivity index (χ3n) is 5.94. The first-order valence-electron chi connectivity index (χ1n) is 11.1. The Kier molecular flexibility index (Phi) is 6.67. The molecule has 6 nitrogen and oxygen atoms in total. The number of hydrogen-bond acceptors (Lipinski definition) is 4. The van der Waals surface area contributed by atoms with E-state index in [1.165, 1.54) is 0 Å². The Bertz CT molecular complexity index is 1520. The lowest BCUT2D eigenvalue weighted by molar-refractivity contribution is 0.0986. The highest BCUT2D eigenvalue weighted by Gasteiger charge is 2.27. The summed E-state index contributed by atoms with van der Waals surface area (Å²) in [5, 5.41) is 3.41. The van der Waals surface area contributed by atoms with E-state index in [1.807, 2.05) is 37.4 Å². The van der Waals surface area contributed by atoms with Gasteiger partial charge in [0.25, 0.3) is 11.8 Å². The van der Waals surface area contributed by atoms with Gasteiger partial charge in [0.05, 0.1) is 37.6 Å². The first kappa shape index (κ1) is 24.3. The van der Waals surface area contributed by atoms with Crippen molar-refractivity contribution < 1.29 is 9.59 Å². The molecule has 180 valence electrons. The molecule has 4 aromatic rings. The van der Waals surface area contributed by atoms with Crippen molar-refractivity contribution >= 4 is 58.0 Å². The molecule has 9 heteroatoms. The Morgan fingerprint density at radius 2 is 1.75 bits per heavy atom. The van der Waals surface area contributed by atoms with Crippen molar-refractivity contribution in [3.05, 3.63) is 104 Å². The number of carbonyl (C=O) groups excluding carboxylic acids is 2. The fourth-order valence-corrected chi connectivity index (χ4v) is 4.82. The fraction of sp³-hybridized carbons (Fsp3) is 0.111. The van der Waals surface area contributed by atoms with Gasteiger partial charge in [-0.1, -0.05) is 59.1 Å². The molecule has 1 N–H and O–H groups in total. The van der Waals surface area contributed by atoms with E-state index in [4.69, 9.17) is 34.8 Å². The molecular weight excluding hydrogens is 519 g/mol. The van der Waals surface area contributed by atoms with Crippen molar-refractivity contribution in [1.29, 1.82) is 0 Å². The second-order valence-corrected chi connectivity index (χ2v) is 9.46. The first-order valence-corrected chi connectivity index (χ1v) is 12.3. The van der Waals surface area contributed by atoms with Gasteiger partial charge in [0.1, 0.15) is 5.82 Å². The van der Waals surface area contributed by atoms with Gasteiger partial charge >= 0.3 is 0 Å². The number of benzene rings is 3. The predicted octanol–water partition coefficient (Wildman–Crippen LogP) is 6.87. The molecule has 5 rings (SSSR count). The van der Waals surface area contributed by atoms with E-state index < -0.39 is 5.91 Å². The molecule has 0 atom stereocenters. The number of para-hydroxylation sites is 1. The number of aromatic nitrogens is 2. The second kappa shape index (κ2) is 9.90. The van der Waals surface area contributed by atoms with Crippen molar-refractivity contribution in [3.63, 3.8) is 0 Å². The smallest absolute Gasteiger partial charge is 0.259 e. The maximum Gasteiger partial charge on any atom is 0.259 e. The maximum absolute atomic E-state index is 13.7. The summed E-state index contributed by atoms with van der Waals surface area (Å²) in [4.78, 5) is 37.0. The lowest BCUT2D eigenvalue weighted by Gasteiger charge is -2.23. The van der Waals surface area contributed by atoms with Crippen LogP contribution in [0.2, 0.25) is 15.1 Å². The largest absolute Gasteiger partial charge is 0.322 e. The summed E-state index contributed by atoms with van der Waals surface area (Å²) in [6.45, 7) is 2.29. The number of aryl methyl sites for hydroxylation is 1. The monoisotopic (exact) mass is 536 g/mol. The molecule has 0 saturated heterocycles. The quantitative estimate of drug-likeness (QED) is 0.309. The van der Waals surface area contributed by atoms with Crippen molar-refractivity contribution in [1.82, 2.24) is 9.97 Å². The lowest BCUT2D eigenvalue weighted by atomic mass is 10.0. The number of carbonyl (C=O) groups is 2. The van der Waals surface area contributed by atoms with E-state index in [0.29, 0.717) is 30.0 Å². The minimum atomic E-state index is -0.437. The minimum Gasteiger partial charge on any atom is -0.322 e. The minimum absolute atomic E-state index is 0.162. The van der Waals surface area contributed by atoms with Crippen molar-refractivity contribution in [2.45, 2.75) is 13.3 Å². The molecule has 1 aliphatic rings. The molecule has 0 aliphatic carbocycles. The van der Waals surface area contributed by atoms with Crippen LogP contribution in [0.4, 0.5) is 11.4 Å². The molecule has 36 heavy (non-hydrogen) atoms. The normalized spacial score (nSPS) is 12.4. The van der Waals surface area contributed by atoms with Gasteiger partial charge in [-0.05, 0) is 55.3 Å². The highest BCUT2D eigenvalue weighted by atomic mass is 35.5. The highest BCUT2D eigenvalue weighted by Crippen LogP contribution is 2.36. The number of hydrogen-bond donors (Lipinski definition) is 1. The zero-order valence-corrected chi connectivity index (χ0v) is 21.3. The lowest BCUT2D eigenvalue weighted by Crippen LogP contribution is -2.32. The predicted molar refractivity (Wildman–Crippen MR) is 143 cm³/mol. The summed E-state index contributed by atoms with van der Waals surface area (Å²) in [7, 11) is 0. The van der Waals surface area contributed by atoms with E-state index in [-0.39, 0.29) is 26.5 Å². The van der Waals surface area contributed by atoms with Crippen molar-refractivity contribution in [3.8, 4) is 11.3 Å². The maximum atomic E-state index is 13.7. The van der Waals surface area contributed by atoms with Crippen LogP contribution < -0.4 is 10.2 Å². The first-order chi connectivity index (χ1) is 17.3. The van der Waals surface area contributed by atoms with E-state index in [1.54, 1.807) is 41.3 Å². The SMILES string of the molecule is Cc1ncc2c(n1)-c1ccccc1N(C(=O)c1ccc(NC(=O)c3cccc(Cl)c3Cl)cc1Cl)CC2. The Hall–Kier alpha value is -3.45. The van der Waals surface area contributed by atoms with Crippen LogP contribution in [-0.2, 0) is 6.42 Å². The molecule has 2 heterocycles. The number of amides is 2. The van der Waals surface area contributed by atoms with E-state index >= 15 is 0 Å². The number of nitrogens with zero attached hydrogens (tertiary/aromatic N) is 3. The second-order valence-electron chi connectivity index (χ2n) is 8.27. The molecule has 0 saturated carbocycles. The van der Waals surface area contributed by atoms with Crippen LogP contribution in [0.25, 0.3) is 11.3 Å². The standard InChI is InChI=1S/C27H19Cl3N4O2/c1-15-31-14-16-11-12-34(23-8-3-2-5-19(23)25(16)32-15)27(36)18-10-9-17(13-22(18)29)33-26(35)20-6-4-7-21(28)24(20)30/h2-10,13-14H,11-12H2,1H3,(H,33,35). The van der Waals surface area contributed by atoms with Crippen LogP contribution in [0.1, 0.15) is 32.1 Å². The van der Waals surface area contributed by atoms with Crippen molar-refractivity contribution in [2.24, 2.45) is 0 Å². The molecule has 0 unspecified atom stereocenters. The molecule has 0 fully saturated rings. The average molecular weight is 538 g/mol. The number of rotatable bonds is 3. The molecular formula is C27H19Cl3N4O2. The zero-order valence-electron chi connectivity index (χ0n) is 19.1. The fourth-order valence-electron chi connectivity index (χ4n) is 4.17. The number of nitrogens with one attached hydrogen (secondary N) is 1. The van der Waals surface area contributed by atoms with Crippen LogP contribution in [0.5, 0.6) is 0 Å². The third-order valence-corrected chi connectivity index (χ3v) is 7.07. The summed E-state index contributed by atoms with van der Waals surface area (Å²) in [5.74, 6) is -0.0166. The van der Waals surface area contributed by atoms with Crippen LogP contribution in [0.3, 0.4) is 0 Å². The summed E-state index contributed by atoms with van der Waals surface area (Å²) >= 11 is 18.7. The topological polar surface area (TPSA) is 75.2 Å². The van der Waals surface area contributed by atoms with Gasteiger partial charge in [0.15, 0.2) is 0 Å². The Labute approximate surface area is 222 Å². The van der Waals surface area contributed by atoms with E-state index in [2.05, 4.69) is 15.3 Å². The number of halogens is 3. The van der Waals surface area contributed by atoms with Crippen molar-refractivity contribution in [2.75, 3.05) is 16.8 Å². The van der Waals surface area contributed by atoms with Gasteiger partial charge in [-0.3, -0.25) is 9.59 Å². The molecule has 1 aromatic heterocycles. The van der Waals surface area contributed by atoms with Gasteiger partial charge in [0, 0.05) is 24.0 Å². The van der Waals surface area contributed by atoms with Crippen LogP contribution >= 0.6 is 34.8 Å². The Morgan fingerprint density at radius 3 is 2.56 bits per heavy atom. The molecule has 3 aromatic carbocycles.